The molecule has 0 saturated carbocycles. The fraction of sp³-hybridized carbons (Fsp3) is 0.556. The van der Waals surface area contributed by atoms with Gasteiger partial charge in [-0.25, -0.2) is 4.98 Å². The maximum absolute atomic E-state index is 10.3. The Balaban J connectivity index is 2.35. The van der Waals surface area contributed by atoms with Crippen molar-refractivity contribution in [3.63, 3.8) is 0 Å². The summed E-state index contributed by atoms with van der Waals surface area (Å²) in [6.45, 7) is 4.47. The van der Waals surface area contributed by atoms with Gasteiger partial charge in [0.05, 0.1) is 12.5 Å². The van der Waals surface area contributed by atoms with Crippen molar-refractivity contribution >= 4 is 17.3 Å². The summed E-state index contributed by atoms with van der Waals surface area (Å²) in [5, 5.41) is 12.6. The quantitative estimate of drug-likeness (QED) is 0.781. The van der Waals surface area contributed by atoms with Crippen molar-refractivity contribution < 1.29 is 9.90 Å². The number of carbonyl (C=O) groups is 1. The zero-order valence-corrected chi connectivity index (χ0v) is 9.10. The molecule has 1 unspecified atom stereocenters. The predicted octanol–water partition coefficient (Wildman–Crippen LogP) is 1.58. The Labute approximate surface area is 87.0 Å². The van der Waals surface area contributed by atoms with Crippen LogP contribution in [-0.4, -0.2) is 22.6 Å². The first-order valence-corrected chi connectivity index (χ1v) is 5.28. The Kier molecular flexibility index (Phi) is 4.03. The van der Waals surface area contributed by atoms with Gasteiger partial charge in [0.15, 0.2) is 0 Å². The molecule has 0 saturated heterocycles. The number of aryl methyl sites for hydroxylation is 1. The Morgan fingerprint density at radius 1 is 1.79 bits per heavy atom. The van der Waals surface area contributed by atoms with E-state index in [9.17, 15) is 4.79 Å². The molecule has 5 heteroatoms. The van der Waals surface area contributed by atoms with E-state index in [4.69, 9.17) is 5.11 Å². The molecule has 0 fully saturated rings. The summed E-state index contributed by atoms with van der Waals surface area (Å²) in [5.41, 5.74) is 0. The molecule has 0 aliphatic carbocycles. The largest absolute Gasteiger partial charge is 0.481 e. The molecule has 1 aromatic heterocycles. The average Bonchev–Trinajstić information content (AvgIpc) is 2.51. The molecule has 14 heavy (non-hydrogen) atoms. The van der Waals surface area contributed by atoms with Crippen LogP contribution < -0.4 is 5.32 Å². The summed E-state index contributed by atoms with van der Waals surface area (Å²) >= 11 is 1.63. The molecule has 0 radical (unpaired) electrons. The fourth-order valence-corrected chi connectivity index (χ4v) is 1.86. The van der Waals surface area contributed by atoms with Crippen LogP contribution in [0.2, 0.25) is 0 Å². The Morgan fingerprint density at radius 2 is 2.50 bits per heavy atom. The van der Waals surface area contributed by atoms with Crippen molar-refractivity contribution in [3.05, 3.63) is 16.1 Å². The van der Waals surface area contributed by atoms with Crippen molar-refractivity contribution in [1.29, 1.82) is 0 Å². The molecular formula is C9H14N2O2S. The average molecular weight is 214 g/mol. The Hall–Kier alpha value is -0.940. The zero-order chi connectivity index (χ0) is 10.6. The second-order valence-electron chi connectivity index (χ2n) is 3.13. The lowest BCUT2D eigenvalue weighted by Crippen LogP contribution is -2.21. The molecule has 2 N–H and O–H groups in total. The van der Waals surface area contributed by atoms with Gasteiger partial charge in [0.25, 0.3) is 0 Å². The van der Waals surface area contributed by atoms with E-state index in [1.165, 1.54) is 4.88 Å². The number of hydrogen-bond donors (Lipinski definition) is 2. The van der Waals surface area contributed by atoms with Crippen LogP contribution in [-0.2, 0) is 4.79 Å². The van der Waals surface area contributed by atoms with E-state index in [0.717, 1.165) is 5.01 Å². The summed E-state index contributed by atoms with van der Waals surface area (Å²) in [5.74, 6) is -0.778. The highest BCUT2D eigenvalue weighted by Gasteiger charge is 2.08. The van der Waals surface area contributed by atoms with E-state index in [0.29, 0.717) is 6.54 Å². The number of nitrogens with zero attached hydrogens (tertiary/aromatic N) is 1. The summed E-state index contributed by atoms with van der Waals surface area (Å²) in [4.78, 5) is 15.7. The first kappa shape index (κ1) is 11.1. The summed E-state index contributed by atoms with van der Waals surface area (Å²) < 4.78 is 0. The molecule has 0 aliphatic rings. The Bertz CT molecular complexity index is 312. The molecule has 0 aromatic carbocycles. The van der Waals surface area contributed by atoms with Crippen LogP contribution in [0, 0.1) is 6.92 Å². The first-order chi connectivity index (χ1) is 6.59. The fourth-order valence-electron chi connectivity index (χ4n) is 1.06. The molecule has 0 amide bonds. The summed E-state index contributed by atoms with van der Waals surface area (Å²) in [7, 11) is 0. The topological polar surface area (TPSA) is 62.2 Å². The van der Waals surface area contributed by atoms with Gasteiger partial charge in [0.1, 0.15) is 5.01 Å². The number of nitrogens with one attached hydrogen (secondary N) is 1. The number of rotatable bonds is 5. The second kappa shape index (κ2) is 5.07. The van der Waals surface area contributed by atoms with Crippen LogP contribution in [0.3, 0.4) is 0 Å². The number of aliphatic carboxylic acids is 1. The van der Waals surface area contributed by atoms with E-state index in [1.54, 1.807) is 11.3 Å². The lowest BCUT2D eigenvalue weighted by molar-refractivity contribution is -0.136. The lowest BCUT2D eigenvalue weighted by atomic mass is 10.3. The van der Waals surface area contributed by atoms with Gasteiger partial charge >= 0.3 is 5.97 Å². The highest BCUT2D eigenvalue weighted by molar-refractivity contribution is 7.11. The zero-order valence-electron chi connectivity index (χ0n) is 8.28. The highest BCUT2D eigenvalue weighted by Crippen LogP contribution is 2.18. The van der Waals surface area contributed by atoms with Crippen LogP contribution in [0.1, 0.15) is 29.3 Å². The van der Waals surface area contributed by atoms with Crippen molar-refractivity contribution in [2.75, 3.05) is 6.54 Å². The number of aromatic nitrogens is 1. The molecule has 4 nitrogen and oxygen atoms in total. The van der Waals surface area contributed by atoms with E-state index < -0.39 is 5.97 Å². The minimum absolute atomic E-state index is 0.132. The normalized spacial score (nSPS) is 12.7. The lowest BCUT2D eigenvalue weighted by Gasteiger charge is -2.09. The number of thiazole rings is 1. The smallest absolute Gasteiger partial charge is 0.304 e. The van der Waals surface area contributed by atoms with Gasteiger partial charge < -0.3 is 10.4 Å². The Morgan fingerprint density at radius 3 is 3.00 bits per heavy atom. The minimum atomic E-state index is -0.778. The van der Waals surface area contributed by atoms with E-state index in [1.807, 2.05) is 20.0 Å². The van der Waals surface area contributed by atoms with Crippen molar-refractivity contribution in [2.45, 2.75) is 26.3 Å². The van der Waals surface area contributed by atoms with Gasteiger partial charge in [-0.3, -0.25) is 4.79 Å². The maximum atomic E-state index is 10.3. The van der Waals surface area contributed by atoms with Crippen LogP contribution >= 0.6 is 11.3 Å². The SMILES string of the molecule is Cc1cnc(C(C)NCCC(=O)O)s1. The molecule has 1 rings (SSSR count). The number of carboxylic acids is 1. The molecule has 78 valence electrons. The van der Waals surface area contributed by atoms with Crippen molar-refractivity contribution in [1.82, 2.24) is 10.3 Å². The predicted molar refractivity (Wildman–Crippen MR) is 55.5 cm³/mol. The van der Waals surface area contributed by atoms with E-state index in [-0.39, 0.29) is 12.5 Å². The van der Waals surface area contributed by atoms with Crippen LogP contribution in [0.25, 0.3) is 0 Å². The van der Waals surface area contributed by atoms with Gasteiger partial charge in [0.2, 0.25) is 0 Å². The van der Waals surface area contributed by atoms with Gasteiger partial charge in [-0.2, -0.15) is 0 Å². The third-order valence-corrected chi connectivity index (χ3v) is 2.89. The third kappa shape index (κ3) is 3.43. The van der Waals surface area contributed by atoms with E-state index in [2.05, 4.69) is 10.3 Å². The maximum Gasteiger partial charge on any atom is 0.304 e. The first-order valence-electron chi connectivity index (χ1n) is 4.47. The van der Waals surface area contributed by atoms with Gasteiger partial charge in [-0.1, -0.05) is 0 Å². The monoisotopic (exact) mass is 214 g/mol. The standard InChI is InChI=1S/C9H14N2O2S/c1-6-5-11-9(14-6)7(2)10-4-3-8(12)13/h5,7,10H,3-4H2,1-2H3,(H,12,13). The summed E-state index contributed by atoms with van der Waals surface area (Å²) in [6.07, 6.45) is 1.98. The van der Waals surface area contributed by atoms with Gasteiger partial charge in [-0.05, 0) is 13.8 Å². The molecule has 1 heterocycles. The van der Waals surface area contributed by atoms with Gasteiger partial charge in [0, 0.05) is 17.6 Å². The molecule has 0 bridgehead atoms. The third-order valence-electron chi connectivity index (χ3n) is 1.80. The number of hydrogen-bond acceptors (Lipinski definition) is 4. The van der Waals surface area contributed by atoms with Crippen LogP contribution in [0.4, 0.5) is 0 Å². The second-order valence-corrected chi connectivity index (χ2v) is 4.40. The molecule has 1 atom stereocenters. The van der Waals surface area contributed by atoms with Crippen molar-refractivity contribution in [3.8, 4) is 0 Å². The van der Waals surface area contributed by atoms with Crippen LogP contribution in [0.5, 0.6) is 0 Å². The number of carboxylic acid groups (broad SMARTS) is 1. The molecule has 0 aliphatic heterocycles. The van der Waals surface area contributed by atoms with Gasteiger partial charge in [-0.15, -0.1) is 11.3 Å². The van der Waals surface area contributed by atoms with E-state index >= 15 is 0 Å². The molecule has 1 aromatic rings. The minimum Gasteiger partial charge on any atom is -0.481 e. The summed E-state index contributed by atoms with van der Waals surface area (Å²) in [6, 6.07) is 0.132. The molecule has 0 spiro atoms. The van der Waals surface area contributed by atoms with Crippen LogP contribution in [0.15, 0.2) is 6.20 Å². The van der Waals surface area contributed by atoms with Crippen molar-refractivity contribution in [2.24, 2.45) is 0 Å². The molecular weight excluding hydrogens is 200 g/mol. The highest BCUT2D eigenvalue weighted by atomic mass is 32.1.